The largest absolute Gasteiger partial charge is 0.417 e. The van der Waals surface area contributed by atoms with Crippen LogP contribution in [0.4, 0.5) is 22.0 Å². The molecule has 0 spiro atoms. The van der Waals surface area contributed by atoms with Crippen LogP contribution in [-0.2, 0) is 11.0 Å². The highest BCUT2D eigenvalue weighted by atomic mass is 19.4. The molecule has 1 heterocycles. The summed E-state index contributed by atoms with van der Waals surface area (Å²) in [6.07, 6.45) is -3.76. The fourth-order valence-electron chi connectivity index (χ4n) is 1.95. The predicted octanol–water partition coefficient (Wildman–Crippen LogP) is 2.94. The normalized spacial score (nSPS) is 18.3. The number of aromatic nitrogens is 1. The maximum Gasteiger partial charge on any atom is 0.417 e. The van der Waals surface area contributed by atoms with Crippen LogP contribution in [0.3, 0.4) is 0 Å². The summed E-state index contributed by atoms with van der Waals surface area (Å²) in [5.74, 6) is -4.15. The number of carbonyl (C=O) groups excluding carboxylic acids is 1. The summed E-state index contributed by atoms with van der Waals surface area (Å²) in [6.45, 7) is 0. The second-order valence-corrected chi connectivity index (χ2v) is 5.04. The number of alkyl halides is 5. The van der Waals surface area contributed by atoms with Crippen molar-refractivity contribution in [3.8, 4) is 0 Å². The third kappa shape index (κ3) is 3.77. The van der Waals surface area contributed by atoms with E-state index in [0.29, 0.717) is 6.20 Å². The van der Waals surface area contributed by atoms with Gasteiger partial charge in [0.2, 0.25) is 11.8 Å². The lowest BCUT2D eigenvalue weighted by Crippen LogP contribution is -2.44. The van der Waals surface area contributed by atoms with Crippen LogP contribution in [0.2, 0.25) is 0 Å². The summed E-state index contributed by atoms with van der Waals surface area (Å²) in [6, 6.07) is 1.94. The van der Waals surface area contributed by atoms with E-state index in [4.69, 9.17) is 0 Å². The number of halogens is 5. The molecule has 120 valence electrons. The van der Waals surface area contributed by atoms with Crippen LogP contribution < -0.4 is 0 Å². The highest BCUT2D eigenvalue weighted by Crippen LogP contribution is 2.43. The van der Waals surface area contributed by atoms with E-state index in [2.05, 4.69) is 10.1 Å². The van der Waals surface area contributed by atoms with E-state index >= 15 is 0 Å². The Hall–Kier alpha value is -2.06. The van der Waals surface area contributed by atoms with Crippen molar-refractivity contribution in [2.24, 2.45) is 11.0 Å². The van der Waals surface area contributed by atoms with Gasteiger partial charge in [-0.25, -0.2) is 13.8 Å². The van der Waals surface area contributed by atoms with Crippen LogP contribution in [0.15, 0.2) is 23.4 Å². The number of hydrogen-bond acceptors (Lipinski definition) is 3. The topological polar surface area (TPSA) is 45.6 Å². The number of carbonyl (C=O) groups is 1. The van der Waals surface area contributed by atoms with Gasteiger partial charge in [0.05, 0.1) is 23.4 Å². The smallest absolute Gasteiger partial charge is 0.273 e. The van der Waals surface area contributed by atoms with Crippen molar-refractivity contribution in [3.05, 3.63) is 29.6 Å². The van der Waals surface area contributed by atoms with Crippen LogP contribution >= 0.6 is 0 Å². The van der Waals surface area contributed by atoms with E-state index in [-0.39, 0.29) is 5.69 Å². The minimum Gasteiger partial charge on any atom is -0.273 e. The Morgan fingerprint density at radius 3 is 2.50 bits per heavy atom. The molecule has 4 nitrogen and oxygen atoms in total. The molecule has 2 rings (SSSR count). The van der Waals surface area contributed by atoms with Crippen molar-refractivity contribution in [1.82, 2.24) is 9.99 Å². The summed E-state index contributed by atoms with van der Waals surface area (Å²) in [4.78, 5) is 15.3. The first-order valence-corrected chi connectivity index (χ1v) is 6.31. The van der Waals surface area contributed by atoms with E-state index in [1.807, 2.05) is 0 Å². The zero-order chi connectivity index (χ0) is 16.5. The minimum atomic E-state index is -4.48. The van der Waals surface area contributed by atoms with Gasteiger partial charge >= 0.3 is 6.18 Å². The molecule has 1 aromatic heterocycles. The molecule has 1 aliphatic rings. The Morgan fingerprint density at radius 2 is 2.05 bits per heavy atom. The summed E-state index contributed by atoms with van der Waals surface area (Å²) >= 11 is 0. The second kappa shape index (κ2) is 5.62. The van der Waals surface area contributed by atoms with E-state index in [0.717, 1.165) is 23.4 Å². The molecule has 0 aromatic carbocycles. The highest BCUT2D eigenvalue weighted by Gasteiger charge is 2.49. The molecule has 0 atom stereocenters. The average molecular weight is 321 g/mol. The Bertz CT molecular complexity index is 574. The van der Waals surface area contributed by atoms with Gasteiger partial charge in [0.1, 0.15) is 0 Å². The predicted molar refractivity (Wildman–Crippen MR) is 67.3 cm³/mol. The molecule has 0 aliphatic heterocycles. The van der Waals surface area contributed by atoms with E-state index in [1.165, 1.54) is 7.05 Å². The van der Waals surface area contributed by atoms with Gasteiger partial charge in [-0.05, 0) is 12.1 Å². The minimum absolute atomic E-state index is 0.117. The number of hydrazone groups is 1. The van der Waals surface area contributed by atoms with Crippen molar-refractivity contribution in [2.75, 3.05) is 7.05 Å². The Kier molecular flexibility index (Phi) is 4.17. The highest BCUT2D eigenvalue weighted by molar-refractivity contribution is 5.82. The molecule has 1 fully saturated rings. The lowest BCUT2D eigenvalue weighted by atomic mass is 9.81. The third-order valence-corrected chi connectivity index (χ3v) is 3.24. The van der Waals surface area contributed by atoms with Crippen molar-refractivity contribution >= 4 is 12.1 Å². The molecule has 0 unspecified atom stereocenters. The number of pyridine rings is 1. The van der Waals surface area contributed by atoms with Crippen LogP contribution in [0.25, 0.3) is 0 Å². The molecule has 0 N–H and O–H groups in total. The molecule has 1 aliphatic carbocycles. The number of hydrogen-bond donors (Lipinski definition) is 0. The van der Waals surface area contributed by atoms with Crippen molar-refractivity contribution in [1.29, 1.82) is 0 Å². The first-order valence-electron chi connectivity index (χ1n) is 6.31. The van der Waals surface area contributed by atoms with Crippen molar-refractivity contribution < 1.29 is 26.7 Å². The van der Waals surface area contributed by atoms with Crippen LogP contribution in [0.5, 0.6) is 0 Å². The van der Waals surface area contributed by atoms with Gasteiger partial charge in [0.15, 0.2) is 0 Å². The molecule has 0 saturated heterocycles. The van der Waals surface area contributed by atoms with E-state index < -0.39 is 42.3 Å². The van der Waals surface area contributed by atoms with Gasteiger partial charge in [-0.3, -0.25) is 9.78 Å². The summed E-state index contributed by atoms with van der Waals surface area (Å²) in [5, 5.41) is 4.60. The standard InChI is InChI=1S/C13H12F5N3O/c1-21(11(22)8-4-12(14,15)5-8)20-7-10-3-2-9(6-19-10)13(16,17)18/h2-3,6-8H,4-5H2,1H3/b20-7+. The monoisotopic (exact) mass is 321 g/mol. The van der Waals surface area contributed by atoms with Crippen LogP contribution in [-0.4, -0.2) is 35.1 Å². The third-order valence-electron chi connectivity index (χ3n) is 3.24. The first kappa shape index (κ1) is 16.3. The van der Waals surface area contributed by atoms with Gasteiger partial charge < -0.3 is 0 Å². The van der Waals surface area contributed by atoms with Gasteiger partial charge in [-0.15, -0.1) is 0 Å². The molecule has 22 heavy (non-hydrogen) atoms. The average Bonchev–Trinajstić information content (AvgIpc) is 2.40. The van der Waals surface area contributed by atoms with Gasteiger partial charge in [-0.1, -0.05) is 0 Å². The number of rotatable bonds is 3. The molecule has 0 radical (unpaired) electrons. The first-order chi connectivity index (χ1) is 10.1. The molecule has 9 heteroatoms. The molecular weight excluding hydrogens is 309 g/mol. The van der Waals surface area contributed by atoms with E-state index in [9.17, 15) is 26.7 Å². The van der Waals surface area contributed by atoms with Crippen molar-refractivity contribution in [3.63, 3.8) is 0 Å². The Labute approximate surface area is 122 Å². The summed E-state index contributed by atoms with van der Waals surface area (Å²) < 4.78 is 62.4. The number of amides is 1. The zero-order valence-corrected chi connectivity index (χ0v) is 11.4. The fourth-order valence-corrected chi connectivity index (χ4v) is 1.95. The fraction of sp³-hybridized carbons (Fsp3) is 0.462. The molecule has 0 bridgehead atoms. The lowest BCUT2D eigenvalue weighted by Gasteiger charge is -2.34. The van der Waals surface area contributed by atoms with Gasteiger partial charge in [-0.2, -0.15) is 18.3 Å². The van der Waals surface area contributed by atoms with E-state index in [1.54, 1.807) is 0 Å². The SMILES string of the molecule is CN(/N=C/c1ccc(C(F)(F)F)cn1)C(=O)C1CC(F)(F)C1. The lowest BCUT2D eigenvalue weighted by molar-refractivity contribution is -0.158. The molecule has 1 saturated carbocycles. The molecular formula is C13H12F5N3O. The Morgan fingerprint density at radius 1 is 1.41 bits per heavy atom. The van der Waals surface area contributed by atoms with Crippen molar-refractivity contribution in [2.45, 2.75) is 24.9 Å². The quantitative estimate of drug-likeness (QED) is 0.488. The molecule has 1 amide bonds. The summed E-state index contributed by atoms with van der Waals surface area (Å²) in [7, 11) is 1.29. The van der Waals surface area contributed by atoms with Crippen LogP contribution in [0.1, 0.15) is 24.1 Å². The summed E-state index contributed by atoms with van der Waals surface area (Å²) in [5.41, 5.74) is -0.780. The maximum atomic E-state index is 12.7. The number of nitrogens with zero attached hydrogens (tertiary/aromatic N) is 3. The van der Waals surface area contributed by atoms with Gasteiger partial charge in [0, 0.05) is 26.1 Å². The molecule has 1 aromatic rings. The second-order valence-electron chi connectivity index (χ2n) is 5.04. The van der Waals surface area contributed by atoms with Gasteiger partial charge in [0.25, 0.3) is 0 Å². The maximum absolute atomic E-state index is 12.7. The zero-order valence-electron chi connectivity index (χ0n) is 11.4. The van der Waals surface area contributed by atoms with Crippen LogP contribution in [0, 0.1) is 5.92 Å². The Balaban J connectivity index is 1.95.